The van der Waals surface area contributed by atoms with E-state index in [1.807, 2.05) is 6.07 Å². The van der Waals surface area contributed by atoms with Gasteiger partial charge in [-0.2, -0.15) is 18.4 Å². The fraction of sp³-hybridized carbons (Fsp3) is 0.154. The maximum atomic E-state index is 12.6. The lowest BCUT2D eigenvalue weighted by Gasteiger charge is -2.11. The van der Waals surface area contributed by atoms with Crippen molar-refractivity contribution in [1.29, 1.82) is 5.26 Å². The van der Waals surface area contributed by atoms with Crippen molar-refractivity contribution < 1.29 is 17.6 Å². The predicted molar refractivity (Wildman–Crippen MR) is 67.2 cm³/mol. The highest BCUT2D eigenvalue weighted by atomic mass is 35.5. The Hall–Kier alpha value is -2.13. The summed E-state index contributed by atoms with van der Waals surface area (Å²) in [5.41, 5.74) is -0.641. The molecule has 1 aromatic carbocycles. The quantitative estimate of drug-likeness (QED) is 0.912. The molecule has 0 radical (unpaired) electrons. The van der Waals surface area contributed by atoms with E-state index in [1.165, 1.54) is 12.1 Å². The number of benzene rings is 1. The molecule has 0 atom stereocenters. The van der Waals surface area contributed by atoms with Crippen LogP contribution in [0.5, 0.6) is 0 Å². The van der Waals surface area contributed by atoms with Gasteiger partial charge in [-0.3, -0.25) is 0 Å². The van der Waals surface area contributed by atoms with E-state index in [9.17, 15) is 13.2 Å². The van der Waals surface area contributed by atoms with Crippen molar-refractivity contribution in [2.24, 2.45) is 0 Å². The largest absolute Gasteiger partial charge is 0.449 e. The SMILES string of the molecule is N#Cc1ccc(CNc2cc(C(F)(F)F)ccc2Cl)o1. The second-order valence-electron chi connectivity index (χ2n) is 3.92. The monoisotopic (exact) mass is 300 g/mol. The van der Waals surface area contributed by atoms with Crippen molar-refractivity contribution >= 4 is 17.3 Å². The average molecular weight is 301 g/mol. The van der Waals surface area contributed by atoms with Crippen molar-refractivity contribution in [2.45, 2.75) is 12.7 Å². The summed E-state index contributed by atoms with van der Waals surface area (Å²) in [5, 5.41) is 11.5. The molecular weight excluding hydrogens is 293 g/mol. The Bertz CT molecular complexity index is 658. The summed E-state index contributed by atoms with van der Waals surface area (Å²) >= 11 is 5.83. The van der Waals surface area contributed by atoms with Crippen molar-refractivity contribution in [1.82, 2.24) is 0 Å². The van der Waals surface area contributed by atoms with Crippen molar-refractivity contribution in [3.63, 3.8) is 0 Å². The minimum Gasteiger partial charge on any atom is -0.449 e. The molecule has 0 aliphatic rings. The molecule has 0 saturated heterocycles. The van der Waals surface area contributed by atoms with Gasteiger partial charge in [0.2, 0.25) is 5.76 Å². The number of hydrogen-bond acceptors (Lipinski definition) is 3. The van der Waals surface area contributed by atoms with Gasteiger partial charge in [0.1, 0.15) is 11.8 Å². The molecule has 7 heteroatoms. The van der Waals surface area contributed by atoms with Crippen LogP contribution in [0.25, 0.3) is 0 Å². The summed E-state index contributed by atoms with van der Waals surface area (Å²) in [5.74, 6) is 0.562. The number of anilines is 1. The zero-order valence-corrected chi connectivity index (χ0v) is 10.7. The van der Waals surface area contributed by atoms with Gasteiger partial charge >= 0.3 is 6.18 Å². The Kier molecular flexibility index (Phi) is 3.91. The molecule has 0 spiro atoms. The molecule has 0 fully saturated rings. The second kappa shape index (κ2) is 5.47. The van der Waals surface area contributed by atoms with Crippen LogP contribution in [-0.4, -0.2) is 0 Å². The van der Waals surface area contributed by atoms with Gasteiger partial charge in [0, 0.05) is 0 Å². The van der Waals surface area contributed by atoms with Crippen LogP contribution in [0.15, 0.2) is 34.7 Å². The molecule has 0 aliphatic carbocycles. The Balaban J connectivity index is 2.15. The van der Waals surface area contributed by atoms with Crippen LogP contribution >= 0.6 is 11.6 Å². The molecule has 104 valence electrons. The first-order chi connectivity index (χ1) is 9.40. The molecule has 3 nitrogen and oxygen atoms in total. The van der Waals surface area contributed by atoms with Gasteiger partial charge in [0.25, 0.3) is 0 Å². The lowest BCUT2D eigenvalue weighted by molar-refractivity contribution is -0.137. The van der Waals surface area contributed by atoms with Gasteiger partial charge in [0.05, 0.1) is 22.8 Å². The Morgan fingerprint density at radius 3 is 2.60 bits per heavy atom. The van der Waals surface area contributed by atoms with E-state index < -0.39 is 11.7 Å². The maximum Gasteiger partial charge on any atom is 0.416 e. The van der Waals surface area contributed by atoms with Crippen LogP contribution in [0.3, 0.4) is 0 Å². The summed E-state index contributed by atoms with van der Waals surface area (Å²) in [7, 11) is 0. The molecule has 1 heterocycles. The van der Waals surface area contributed by atoms with E-state index in [1.54, 1.807) is 6.07 Å². The van der Waals surface area contributed by atoms with Crippen LogP contribution in [0, 0.1) is 11.3 Å². The Morgan fingerprint density at radius 1 is 1.25 bits per heavy atom. The van der Waals surface area contributed by atoms with E-state index in [2.05, 4.69) is 5.32 Å². The fourth-order valence-corrected chi connectivity index (χ4v) is 1.74. The van der Waals surface area contributed by atoms with Crippen molar-refractivity contribution in [2.75, 3.05) is 5.32 Å². The number of halogens is 4. The summed E-state index contributed by atoms with van der Waals surface area (Å²) in [6.07, 6.45) is -4.43. The van der Waals surface area contributed by atoms with Crippen LogP contribution in [-0.2, 0) is 12.7 Å². The molecule has 0 bridgehead atoms. The third kappa shape index (κ3) is 3.25. The molecule has 0 amide bonds. The summed E-state index contributed by atoms with van der Waals surface area (Å²) in [4.78, 5) is 0. The van der Waals surface area contributed by atoms with Gasteiger partial charge in [-0.25, -0.2) is 0 Å². The summed E-state index contributed by atoms with van der Waals surface area (Å²) < 4.78 is 42.9. The van der Waals surface area contributed by atoms with E-state index in [-0.39, 0.29) is 23.0 Å². The molecule has 0 unspecified atom stereocenters. The van der Waals surface area contributed by atoms with E-state index >= 15 is 0 Å². The number of rotatable bonds is 3. The molecule has 1 N–H and O–H groups in total. The van der Waals surface area contributed by atoms with Crippen LogP contribution in [0.2, 0.25) is 5.02 Å². The lowest BCUT2D eigenvalue weighted by Crippen LogP contribution is -2.06. The van der Waals surface area contributed by atoms with Crippen molar-refractivity contribution in [3.05, 3.63) is 52.4 Å². The Labute approximate surface area is 117 Å². The smallest absolute Gasteiger partial charge is 0.416 e. The van der Waals surface area contributed by atoms with E-state index in [4.69, 9.17) is 21.3 Å². The van der Waals surface area contributed by atoms with Crippen LogP contribution in [0.1, 0.15) is 17.1 Å². The molecule has 0 saturated carbocycles. The highest BCUT2D eigenvalue weighted by Gasteiger charge is 2.30. The number of nitrogens with zero attached hydrogens (tertiary/aromatic N) is 1. The average Bonchev–Trinajstić information content (AvgIpc) is 2.84. The zero-order chi connectivity index (χ0) is 14.8. The molecule has 2 rings (SSSR count). The second-order valence-corrected chi connectivity index (χ2v) is 4.33. The molecular formula is C13H8ClF3N2O. The first-order valence-electron chi connectivity index (χ1n) is 5.49. The summed E-state index contributed by atoms with van der Waals surface area (Å²) in [6.45, 7) is 0.128. The first-order valence-corrected chi connectivity index (χ1v) is 5.87. The number of alkyl halides is 3. The highest BCUT2D eigenvalue weighted by Crippen LogP contribution is 2.33. The van der Waals surface area contributed by atoms with Gasteiger partial charge in [-0.1, -0.05) is 11.6 Å². The van der Waals surface area contributed by atoms with Crippen molar-refractivity contribution in [3.8, 4) is 6.07 Å². The number of furan rings is 1. The molecule has 20 heavy (non-hydrogen) atoms. The Morgan fingerprint density at radius 2 is 2.00 bits per heavy atom. The van der Waals surface area contributed by atoms with Crippen LogP contribution < -0.4 is 5.32 Å². The minimum absolute atomic E-state index is 0.128. The predicted octanol–water partition coefficient (Wildman–Crippen LogP) is 4.44. The standard InChI is InChI=1S/C13H8ClF3N2O/c14-11-4-1-8(13(15,16)17)5-12(11)19-7-10-3-2-9(6-18)20-10/h1-5,19H,7H2. The number of hydrogen-bond donors (Lipinski definition) is 1. The first kappa shape index (κ1) is 14.3. The third-order valence-electron chi connectivity index (χ3n) is 2.52. The number of nitriles is 1. The maximum absolute atomic E-state index is 12.6. The zero-order valence-electron chi connectivity index (χ0n) is 9.96. The molecule has 1 aromatic heterocycles. The topological polar surface area (TPSA) is 49.0 Å². The molecule has 0 aliphatic heterocycles. The lowest BCUT2D eigenvalue weighted by atomic mass is 10.2. The van der Waals surface area contributed by atoms with Gasteiger partial charge in [-0.05, 0) is 30.3 Å². The van der Waals surface area contributed by atoms with Gasteiger partial charge in [0.15, 0.2) is 0 Å². The van der Waals surface area contributed by atoms with Gasteiger partial charge < -0.3 is 9.73 Å². The molecule has 2 aromatic rings. The van der Waals surface area contributed by atoms with E-state index in [0.717, 1.165) is 12.1 Å². The highest BCUT2D eigenvalue weighted by molar-refractivity contribution is 6.33. The summed E-state index contributed by atoms with van der Waals surface area (Å²) in [6, 6.07) is 7.87. The van der Waals surface area contributed by atoms with Gasteiger partial charge in [-0.15, -0.1) is 0 Å². The van der Waals surface area contributed by atoms with E-state index in [0.29, 0.717) is 5.76 Å². The van der Waals surface area contributed by atoms with Crippen LogP contribution in [0.4, 0.5) is 18.9 Å². The fourth-order valence-electron chi connectivity index (χ4n) is 1.55. The minimum atomic E-state index is -4.43. The normalized spacial score (nSPS) is 11.2. The third-order valence-corrected chi connectivity index (χ3v) is 2.85. The number of nitrogens with one attached hydrogen (secondary N) is 1.